The molecule has 0 saturated carbocycles. The van der Waals surface area contributed by atoms with Crippen molar-refractivity contribution in [3.63, 3.8) is 0 Å². The van der Waals surface area contributed by atoms with Crippen LogP contribution < -0.4 is 10.1 Å². The molecule has 22 heavy (non-hydrogen) atoms. The van der Waals surface area contributed by atoms with Gasteiger partial charge in [0.15, 0.2) is 0 Å². The van der Waals surface area contributed by atoms with Crippen molar-refractivity contribution < 1.29 is 29.0 Å². The minimum absolute atomic E-state index is 0.0289. The second kappa shape index (κ2) is 6.72. The number of esters is 1. The van der Waals surface area contributed by atoms with Crippen LogP contribution in [-0.2, 0) is 4.74 Å². The van der Waals surface area contributed by atoms with Crippen LogP contribution in [0.25, 0.3) is 0 Å². The van der Waals surface area contributed by atoms with Gasteiger partial charge in [-0.15, -0.1) is 11.3 Å². The monoisotopic (exact) mass is 321 g/mol. The van der Waals surface area contributed by atoms with Gasteiger partial charge in [-0.25, -0.2) is 14.4 Å². The van der Waals surface area contributed by atoms with Gasteiger partial charge in [0, 0.05) is 5.38 Å². The van der Waals surface area contributed by atoms with Crippen LogP contribution in [0.2, 0.25) is 0 Å². The summed E-state index contributed by atoms with van der Waals surface area (Å²) in [5.74, 6) is -1.83. The van der Waals surface area contributed by atoms with Gasteiger partial charge in [-0.1, -0.05) is 18.2 Å². The highest BCUT2D eigenvalue weighted by Gasteiger charge is 2.25. The van der Waals surface area contributed by atoms with Gasteiger partial charge in [0.05, 0.1) is 12.8 Å². The molecule has 2 N–H and O–H groups in total. The van der Waals surface area contributed by atoms with E-state index in [4.69, 9.17) is 4.74 Å². The van der Waals surface area contributed by atoms with Crippen LogP contribution in [0, 0.1) is 0 Å². The molecule has 0 saturated heterocycles. The Balaban J connectivity index is 2.19. The second-order valence-electron chi connectivity index (χ2n) is 3.98. The lowest BCUT2D eigenvalue weighted by molar-refractivity contribution is 0.0589. The maximum atomic E-state index is 11.8. The molecule has 0 fully saturated rings. The zero-order chi connectivity index (χ0) is 16.1. The lowest BCUT2D eigenvalue weighted by Gasteiger charge is -2.06. The molecule has 1 amide bonds. The first-order chi connectivity index (χ1) is 10.5. The number of thiophene rings is 1. The lowest BCUT2D eigenvalue weighted by Crippen LogP contribution is -2.18. The quantitative estimate of drug-likeness (QED) is 0.840. The Labute approximate surface area is 129 Å². The highest BCUT2D eigenvalue weighted by Crippen LogP contribution is 2.28. The molecule has 0 aliphatic rings. The average molecular weight is 321 g/mol. The fourth-order valence-electron chi connectivity index (χ4n) is 1.64. The van der Waals surface area contributed by atoms with Gasteiger partial charge in [0.25, 0.3) is 0 Å². The van der Waals surface area contributed by atoms with Crippen LogP contribution >= 0.6 is 11.3 Å². The number of rotatable bonds is 4. The molecular weight excluding hydrogens is 310 g/mol. The summed E-state index contributed by atoms with van der Waals surface area (Å²) in [6.07, 6.45) is -0.858. The molecule has 0 bridgehead atoms. The van der Waals surface area contributed by atoms with Crippen molar-refractivity contribution >= 4 is 35.1 Å². The Morgan fingerprint density at radius 3 is 2.45 bits per heavy atom. The first kappa shape index (κ1) is 15.5. The number of methoxy groups -OCH3 is 1. The highest BCUT2D eigenvalue weighted by atomic mass is 32.1. The molecule has 0 aliphatic carbocycles. The third kappa shape index (κ3) is 3.41. The number of ether oxygens (including phenoxy) is 2. The van der Waals surface area contributed by atoms with Crippen molar-refractivity contribution in [2.24, 2.45) is 0 Å². The zero-order valence-corrected chi connectivity index (χ0v) is 12.2. The van der Waals surface area contributed by atoms with Gasteiger partial charge in [-0.05, 0) is 12.1 Å². The summed E-state index contributed by atoms with van der Waals surface area (Å²) in [5.41, 5.74) is -0.360. The van der Waals surface area contributed by atoms with E-state index in [2.05, 4.69) is 10.1 Å². The van der Waals surface area contributed by atoms with Crippen LogP contribution in [0.15, 0.2) is 35.7 Å². The number of carboxylic acids is 1. The third-order valence-electron chi connectivity index (χ3n) is 2.57. The number of carboxylic acid groups (broad SMARTS) is 1. The van der Waals surface area contributed by atoms with Gasteiger partial charge < -0.3 is 14.6 Å². The molecule has 1 heterocycles. The SMILES string of the molecule is COC(=O)c1scc(NC(=O)Oc2ccccc2)c1C(=O)O. The Morgan fingerprint density at radius 1 is 1.18 bits per heavy atom. The number of amides is 1. The van der Waals surface area contributed by atoms with E-state index < -0.39 is 18.0 Å². The number of hydrogen-bond donors (Lipinski definition) is 2. The van der Waals surface area contributed by atoms with Crippen molar-refractivity contribution in [1.82, 2.24) is 0 Å². The Hall–Kier alpha value is -2.87. The summed E-state index contributed by atoms with van der Waals surface area (Å²) in [5, 5.41) is 12.8. The lowest BCUT2D eigenvalue weighted by atomic mass is 10.2. The molecule has 1 aromatic heterocycles. The number of hydrogen-bond acceptors (Lipinski definition) is 6. The topological polar surface area (TPSA) is 102 Å². The highest BCUT2D eigenvalue weighted by molar-refractivity contribution is 7.13. The summed E-state index contributed by atoms with van der Waals surface area (Å²) in [7, 11) is 1.14. The van der Waals surface area contributed by atoms with E-state index in [0.29, 0.717) is 5.75 Å². The molecule has 7 nitrogen and oxygen atoms in total. The molecule has 0 aliphatic heterocycles. The number of carbonyl (C=O) groups excluding carboxylic acids is 2. The number of anilines is 1. The Morgan fingerprint density at radius 2 is 1.86 bits per heavy atom. The maximum absolute atomic E-state index is 11.8. The van der Waals surface area contributed by atoms with Crippen molar-refractivity contribution in [1.29, 1.82) is 0 Å². The van der Waals surface area contributed by atoms with E-state index in [1.165, 1.54) is 5.38 Å². The minimum Gasteiger partial charge on any atom is -0.478 e. The van der Waals surface area contributed by atoms with E-state index in [1.807, 2.05) is 0 Å². The van der Waals surface area contributed by atoms with Crippen LogP contribution in [0.5, 0.6) is 5.75 Å². The van der Waals surface area contributed by atoms with E-state index in [0.717, 1.165) is 18.4 Å². The second-order valence-corrected chi connectivity index (χ2v) is 4.86. The maximum Gasteiger partial charge on any atom is 0.417 e. The van der Waals surface area contributed by atoms with Gasteiger partial charge in [-0.2, -0.15) is 0 Å². The molecule has 2 rings (SSSR count). The van der Waals surface area contributed by atoms with Gasteiger partial charge in [-0.3, -0.25) is 5.32 Å². The number of para-hydroxylation sites is 1. The molecule has 0 unspecified atom stereocenters. The summed E-state index contributed by atoms with van der Waals surface area (Å²) < 4.78 is 9.50. The Kier molecular flexibility index (Phi) is 4.74. The fraction of sp³-hybridized carbons (Fsp3) is 0.0714. The number of carbonyl (C=O) groups is 3. The average Bonchev–Trinajstić information content (AvgIpc) is 2.91. The third-order valence-corrected chi connectivity index (χ3v) is 3.53. The molecule has 0 spiro atoms. The molecule has 2 aromatic rings. The normalized spacial score (nSPS) is 9.86. The first-order valence-electron chi connectivity index (χ1n) is 6.00. The largest absolute Gasteiger partial charge is 0.478 e. The molecular formula is C14H11NO6S. The van der Waals surface area contributed by atoms with Crippen LogP contribution in [-0.4, -0.2) is 30.2 Å². The predicted octanol–water partition coefficient (Wildman–Crippen LogP) is 2.84. The van der Waals surface area contributed by atoms with Crippen molar-refractivity contribution in [2.45, 2.75) is 0 Å². The molecule has 0 radical (unpaired) electrons. The molecule has 1 aromatic carbocycles. The van der Waals surface area contributed by atoms with E-state index in [-0.39, 0.29) is 16.1 Å². The van der Waals surface area contributed by atoms with Crippen LogP contribution in [0.3, 0.4) is 0 Å². The zero-order valence-electron chi connectivity index (χ0n) is 11.4. The summed E-state index contributed by atoms with van der Waals surface area (Å²) in [6.45, 7) is 0. The summed E-state index contributed by atoms with van der Waals surface area (Å²) in [4.78, 5) is 34.4. The van der Waals surface area contributed by atoms with E-state index in [1.54, 1.807) is 30.3 Å². The number of benzene rings is 1. The smallest absolute Gasteiger partial charge is 0.417 e. The van der Waals surface area contributed by atoms with Crippen molar-refractivity contribution in [3.05, 3.63) is 46.2 Å². The van der Waals surface area contributed by atoms with Crippen LogP contribution in [0.1, 0.15) is 20.0 Å². The molecule has 0 atom stereocenters. The molecule has 114 valence electrons. The first-order valence-corrected chi connectivity index (χ1v) is 6.88. The van der Waals surface area contributed by atoms with Gasteiger partial charge in [0.2, 0.25) is 0 Å². The number of nitrogens with one attached hydrogen (secondary N) is 1. The van der Waals surface area contributed by atoms with Crippen LogP contribution in [0.4, 0.5) is 10.5 Å². The van der Waals surface area contributed by atoms with Crippen molar-refractivity contribution in [2.75, 3.05) is 12.4 Å². The number of aromatic carboxylic acids is 1. The van der Waals surface area contributed by atoms with E-state index in [9.17, 15) is 19.5 Å². The minimum atomic E-state index is -1.35. The van der Waals surface area contributed by atoms with E-state index >= 15 is 0 Å². The summed E-state index contributed by atoms with van der Waals surface area (Å²) >= 11 is 0.860. The van der Waals surface area contributed by atoms with Crippen molar-refractivity contribution in [3.8, 4) is 5.75 Å². The molecule has 8 heteroatoms. The predicted molar refractivity (Wildman–Crippen MR) is 78.7 cm³/mol. The Bertz CT molecular complexity index is 709. The van der Waals surface area contributed by atoms with Gasteiger partial charge in [0.1, 0.15) is 16.2 Å². The summed E-state index contributed by atoms with van der Waals surface area (Å²) in [6, 6.07) is 8.28. The van der Waals surface area contributed by atoms with Gasteiger partial charge >= 0.3 is 18.0 Å². The standard InChI is InChI=1S/C14H11NO6S/c1-20-13(18)11-10(12(16)17)9(7-22-11)15-14(19)21-8-5-3-2-4-6-8/h2-7H,1H3,(H,15,19)(H,16,17). The fourth-order valence-corrected chi connectivity index (χ4v) is 2.54.